The minimum atomic E-state index is -1.87. The summed E-state index contributed by atoms with van der Waals surface area (Å²) in [5.74, 6) is -2.69. The Balaban J connectivity index is 5.74. The number of hydrogen-bond acceptors (Lipinski definition) is 5. The van der Waals surface area contributed by atoms with Crippen LogP contribution >= 0.6 is 0 Å². The number of Topliss-reactive ketones (excluding diaryl/α,β-unsaturated/α-hetero) is 1. The van der Waals surface area contributed by atoms with Gasteiger partial charge in [0.1, 0.15) is 5.78 Å². The molecule has 0 spiro atoms. The molecule has 0 aromatic rings. The standard InChI is InChI=1S/C11H10N4O/c1-3-10(8(2)16)11(6-14,7-15)9(4-12)5-13/h9-10H,3H2,1-2H3. The monoisotopic (exact) mass is 214 g/mol. The third-order valence-corrected chi connectivity index (χ3v) is 2.53. The first-order valence-electron chi connectivity index (χ1n) is 4.66. The van der Waals surface area contributed by atoms with Crippen LogP contribution < -0.4 is 0 Å². The molecule has 0 heterocycles. The second-order valence-corrected chi connectivity index (χ2v) is 3.36. The van der Waals surface area contributed by atoms with Gasteiger partial charge in [-0.1, -0.05) is 6.92 Å². The number of carbonyl (C=O) groups is 1. The highest BCUT2D eigenvalue weighted by atomic mass is 16.1. The average molecular weight is 214 g/mol. The van der Waals surface area contributed by atoms with E-state index in [9.17, 15) is 4.79 Å². The maximum atomic E-state index is 11.4. The van der Waals surface area contributed by atoms with E-state index in [-0.39, 0.29) is 12.2 Å². The van der Waals surface area contributed by atoms with Crippen LogP contribution in [-0.4, -0.2) is 5.78 Å². The molecule has 0 aliphatic rings. The number of ketones is 1. The summed E-state index contributed by atoms with van der Waals surface area (Å²) in [6.07, 6.45) is 0.246. The number of carbonyl (C=O) groups excluding carboxylic acids is 1. The van der Waals surface area contributed by atoms with Crippen LogP contribution in [0.5, 0.6) is 0 Å². The maximum Gasteiger partial charge on any atom is 0.182 e. The summed E-state index contributed by atoms with van der Waals surface area (Å²) < 4.78 is 0. The molecule has 0 saturated heterocycles. The minimum absolute atomic E-state index is 0.246. The highest BCUT2D eigenvalue weighted by molar-refractivity contribution is 5.80. The third-order valence-electron chi connectivity index (χ3n) is 2.53. The van der Waals surface area contributed by atoms with E-state index in [0.717, 1.165) is 0 Å². The van der Waals surface area contributed by atoms with Gasteiger partial charge in [-0.05, 0) is 13.3 Å². The van der Waals surface area contributed by atoms with Crippen molar-refractivity contribution in [1.82, 2.24) is 0 Å². The van der Waals surface area contributed by atoms with Crippen LogP contribution in [0.4, 0.5) is 0 Å². The maximum absolute atomic E-state index is 11.4. The molecule has 0 amide bonds. The molecule has 0 aromatic heterocycles. The summed E-state index contributed by atoms with van der Waals surface area (Å²) in [6.45, 7) is 2.89. The van der Waals surface area contributed by atoms with Crippen LogP contribution in [0.25, 0.3) is 0 Å². The van der Waals surface area contributed by atoms with Crippen LogP contribution in [0.15, 0.2) is 0 Å². The molecule has 0 bridgehead atoms. The van der Waals surface area contributed by atoms with Gasteiger partial charge in [0.05, 0.1) is 30.2 Å². The number of rotatable bonds is 4. The van der Waals surface area contributed by atoms with Gasteiger partial charge in [-0.15, -0.1) is 0 Å². The molecule has 1 atom stereocenters. The third kappa shape index (κ3) is 2.00. The predicted molar refractivity (Wildman–Crippen MR) is 52.8 cm³/mol. The Morgan fingerprint density at radius 2 is 1.62 bits per heavy atom. The van der Waals surface area contributed by atoms with Gasteiger partial charge in [-0.25, -0.2) is 0 Å². The van der Waals surface area contributed by atoms with Crippen molar-refractivity contribution in [2.75, 3.05) is 0 Å². The first-order valence-corrected chi connectivity index (χ1v) is 4.66. The van der Waals surface area contributed by atoms with E-state index in [1.807, 2.05) is 0 Å². The van der Waals surface area contributed by atoms with Crippen molar-refractivity contribution in [3.8, 4) is 24.3 Å². The Labute approximate surface area is 94.1 Å². The smallest absolute Gasteiger partial charge is 0.182 e. The summed E-state index contributed by atoms with van der Waals surface area (Å²) in [6, 6.07) is 6.56. The van der Waals surface area contributed by atoms with E-state index >= 15 is 0 Å². The molecule has 0 rings (SSSR count). The molecule has 1 unspecified atom stereocenters. The summed E-state index contributed by atoms with van der Waals surface area (Å²) in [5, 5.41) is 35.6. The normalized spacial score (nSPS) is 11.7. The molecule has 0 saturated carbocycles. The van der Waals surface area contributed by atoms with Crippen LogP contribution in [0.2, 0.25) is 0 Å². The Morgan fingerprint density at radius 1 is 1.19 bits per heavy atom. The van der Waals surface area contributed by atoms with Gasteiger partial charge in [0.2, 0.25) is 0 Å². The molecule has 0 fully saturated rings. The predicted octanol–water partition coefficient (Wildman–Crippen LogP) is 1.30. The lowest BCUT2D eigenvalue weighted by atomic mass is 9.67. The lowest BCUT2D eigenvalue weighted by Crippen LogP contribution is -2.38. The van der Waals surface area contributed by atoms with Crippen molar-refractivity contribution in [3.05, 3.63) is 0 Å². The first kappa shape index (κ1) is 13.6. The molecule has 0 aliphatic carbocycles. The molecule has 16 heavy (non-hydrogen) atoms. The van der Waals surface area contributed by atoms with E-state index < -0.39 is 17.3 Å². The topological polar surface area (TPSA) is 112 Å². The Hall–Kier alpha value is -2.37. The fraction of sp³-hybridized carbons (Fsp3) is 0.545. The number of hydrogen-bond donors (Lipinski definition) is 0. The largest absolute Gasteiger partial charge is 0.300 e. The molecule has 0 aliphatic heterocycles. The SMILES string of the molecule is CCC(C(C)=O)C(C#N)(C#N)C(C#N)C#N. The van der Waals surface area contributed by atoms with Gasteiger partial charge in [-0.2, -0.15) is 21.0 Å². The van der Waals surface area contributed by atoms with Gasteiger partial charge in [-0.3, -0.25) is 4.79 Å². The number of nitrogens with zero attached hydrogens (tertiary/aromatic N) is 4. The van der Waals surface area contributed by atoms with Crippen molar-refractivity contribution >= 4 is 5.78 Å². The van der Waals surface area contributed by atoms with Gasteiger partial charge in [0.25, 0.3) is 0 Å². The van der Waals surface area contributed by atoms with Gasteiger partial charge in [0, 0.05) is 0 Å². The molecule has 0 aromatic carbocycles. The zero-order chi connectivity index (χ0) is 12.8. The first-order chi connectivity index (χ1) is 7.53. The highest BCUT2D eigenvalue weighted by Gasteiger charge is 2.49. The van der Waals surface area contributed by atoms with Crippen molar-refractivity contribution in [1.29, 1.82) is 21.0 Å². The van der Waals surface area contributed by atoms with E-state index in [1.165, 1.54) is 6.92 Å². The fourth-order valence-corrected chi connectivity index (χ4v) is 1.67. The van der Waals surface area contributed by atoms with Crippen molar-refractivity contribution in [2.24, 2.45) is 17.3 Å². The van der Waals surface area contributed by atoms with Crippen LogP contribution in [0.1, 0.15) is 20.3 Å². The second kappa shape index (κ2) is 5.50. The van der Waals surface area contributed by atoms with Crippen LogP contribution in [-0.2, 0) is 4.79 Å². The molecule has 5 heteroatoms. The Kier molecular flexibility index (Phi) is 4.68. The lowest BCUT2D eigenvalue weighted by Gasteiger charge is -2.26. The van der Waals surface area contributed by atoms with E-state index in [2.05, 4.69) is 0 Å². The fourth-order valence-electron chi connectivity index (χ4n) is 1.67. The van der Waals surface area contributed by atoms with Crippen LogP contribution in [0.3, 0.4) is 0 Å². The quantitative estimate of drug-likeness (QED) is 0.699. The van der Waals surface area contributed by atoms with Gasteiger partial charge in [0.15, 0.2) is 11.3 Å². The average Bonchev–Trinajstić information content (AvgIpc) is 2.28. The van der Waals surface area contributed by atoms with Gasteiger partial charge < -0.3 is 0 Å². The summed E-state index contributed by atoms with van der Waals surface area (Å²) in [7, 11) is 0. The zero-order valence-electron chi connectivity index (χ0n) is 9.06. The second-order valence-electron chi connectivity index (χ2n) is 3.36. The van der Waals surface area contributed by atoms with Gasteiger partial charge >= 0.3 is 0 Å². The lowest BCUT2D eigenvalue weighted by molar-refractivity contribution is -0.123. The van der Waals surface area contributed by atoms with Crippen molar-refractivity contribution < 1.29 is 4.79 Å². The van der Waals surface area contributed by atoms with E-state index in [0.29, 0.717) is 0 Å². The van der Waals surface area contributed by atoms with Crippen molar-refractivity contribution in [3.63, 3.8) is 0 Å². The molecule has 5 nitrogen and oxygen atoms in total. The van der Waals surface area contributed by atoms with Crippen molar-refractivity contribution in [2.45, 2.75) is 20.3 Å². The van der Waals surface area contributed by atoms with Crippen LogP contribution in [0, 0.1) is 62.6 Å². The minimum Gasteiger partial charge on any atom is -0.300 e. The number of nitriles is 4. The summed E-state index contributed by atoms with van der Waals surface area (Å²) in [4.78, 5) is 11.4. The Bertz CT molecular complexity index is 413. The Morgan fingerprint density at radius 3 is 1.81 bits per heavy atom. The molecular weight excluding hydrogens is 204 g/mol. The summed E-state index contributed by atoms with van der Waals surface area (Å²) in [5.41, 5.74) is -1.87. The van der Waals surface area contributed by atoms with E-state index in [4.69, 9.17) is 21.0 Å². The van der Waals surface area contributed by atoms with E-state index in [1.54, 1.807) is 31.2 Å². The molecule has 80 valence electrons. The zero-order valence-corrected chi connectivity index (χ0v) is 9.06. The summed E-state index contributed by atoms with van der Waals surface area (Å²) >= 11 is 0. The highest BCUT2D eigenvalue weighted by Crippen LogP contribution is 2.37. The molecule has 0 radical (unpaired) electrons. The molecular formula is C11H10N4O. The molecule has 0 N–H and O–H groups in total.